The first-order valence-electron chi connectivity index (χ1n) is 7.19. The van der Waals surface area contributed by atoms with E-state index in [4.69, 9.17) is 5.73 Å². The molecule has 3 heteroatoms. The average molecular weight is 260 g/mol. The lowest BCUT2D eigenvalue weighted by Crippen LogP contribution is -2.32. The van der Waals surface area contributed by atoms with Crippen molar-refractivity contribution < 1.29 is 4.79 Å². The van der Waals surface area contributed by atoms with Crippen molar-refractivity contribution in [2.24, 2.45) is 11.8 Å². The molecule has 0 saturated heterocycles. The van der Waals surface area contributed by atoms with Crippen LogP contribution in [-0.4, -0.2) is 5.91 Å². The summed E-state index contributed by atoms with van der Waals surface area (Å²) < 4.78 is 0. The van der Waals surface area contributed by atoms with Crippen molar-refractivity contribution >= 4 is 11.6 Å². The van der Waals surface area contributed by atoms with Gasteiger partial charge in [0.1, 0.15) is 0 Å². The van der Waals surface area contributed by atoms with Crippen LogP contribution >= 0.6 is 0 Å². The lowest BCUT2D eigenvalue weighted by atomic mass is 9.82. The van der Waals surface area contributed by atoms with Crippen LogP contribution < -0.4 is 11.1 Å². The Balaban J connectivity index is 1.88. The Kier molecular flexibility index (Phi) is 4.46. The van der Waals surface area contributed by atoms with Crippen LogP contribution in [0, 0.1) is 18.8 Å². The highest BCUT2D eigenvalue weighted by molar-refractivity contribution is 5.78. The lowest BCUT2D eigenvalue weighted by Gasteiger charge is -2.25. The molecule has 0 aromatic heterocycles. The molecule has 1 aliphatic carbocycles. The van der Waals surface area contributed by atoms with Crippen LogP contribution in [0.15, 0.2) is 18.2 Å². The summed E-state index contributed by atoms with van der Waals surface area (Å²) in [6.07, 6.45) is 4.41. The van der Waals surface area contributed by atoms with Gasteiger partial charge in [-0.2, -0.15) is 0 Å². The van der Waals surface area contributed by atoms with E-state index in [0.717, 1.165) is 35.6 Å². The van der Waals surface area contributed by atoms with Crippen LogP contribution in [0.5, 0.6) is 0 Å². The summed E-state index contributed by atoms with van der Waals surface area (Å²) in [7, 11) is 0. The third-order valence-corrected chi connectivity index (χ3v) is 4.33. The van der Waals surface area contributed by atoms with Gasteiger partial charge in [0.05, 0.1) is 0 Å². The van der Waals surface area contributed by atoms with Crippen LogP contribution in [0.1, 0.15) is 43.7 Å². The molecule has 2 rings (SSSR count). The van der Waals surface area contributed by atoms with Gasteiger partial charge in [0.15, 0.2) is 0 Å². The molecule has 1 amide bonds. The molecule has 0 spiro atoms. The van der Waals surface area contributed by atoms with Gasteiger partial charge in [-0.05, 0) is 55.7 Å². The van der Waals surface area contributed by atoms with E-state index in [1.54, 1.807) is 0 Å². The molecule has 1 aromatic rings. The van der Waals surface area contributed by atoms with Crippen LogP contribution in [0.4, 0.5) is 5.69 Å². The Morgan fingerprint density at radius 1 is 1.32 bits per heavy atom. The topological polar surface area (TPSA) is 55.1 Å². The highest BCUT2D eigenvalue weighted by Crippen LogP contribution is 2.28. The summed E-state index contributed by atoms with van der Waals surface area (Å²) >= 11 is 0. The SMILES string of the molecule is Cc1c(N)cccc1CNC(=O)C1CCC(C)CC1. The molecule has 0 radical (unpaired) electrons. The number of hydrogen-bond acceptors (Lipinski definition) is 2. The van der Waals surface area contributed by atoms with Gasteiger partial charge in [-0.3, -0.25) is 4.79 Å². The molecule has 0 aliphatic heterocycles. The van der Waals surface area contributed by atoms with Crippen molar-refractivity contribution in [2.75, 3.05) is 5.73 Å². The fourth-order valence-electron chi connectivity index (χ4n) is 2.74. The number of nitrogens with one attached hydrogen (secondary N) is 1. The summed E-state index contributed by atoms with van der Waals surface area (Å²) in [6.45, 7) is 4.85. The Morgan fingerprint density at radius 3 is 2.68 bits per heavy atom. The Morgan fingerprint density at radius 2 is 2.00 bits per heavy atom. The zero-order valence-corrected chi connectivity index (χ0v) is 11.9. The van der Waals surface area contributed by atoms with Gasteiger partial charge in [-0.1, -0.05) is 19.1 Å². The molecule has 104 valence electrons. The lowest BCUT2D eigenvalue weighted by molar-refractivity contribution is -0.126. The number of hydrogen-bond donors (Lipinski definition) is 2. The van der Waals surface area contributed by atoms with Crippen molar-refractivity contribution in [1.82, 2.24) is 5.32 Å². The van der Waals surface area contributed by atoms with Crippen molar-refractivity contribution in [3.63, 3.8) is 0 Å². The van der Waals surface area contributed by atoms with E-state index < -0.39 is 0 Å². The number of amides is 1. The second-order valence-electron chi connectivity index (χ2n) is 5.81. The number of rotatable bonds is 3. The van der Waals surface area contributed by atoms with Crippen molar-refractivity contribution in [1.29, 1.82) is 0 Å². The first kappa shape index (κ1) is 13.9. The van der Waals surface area contributed by atoms with E-state index in [1.807, 2.05) is 25.1 Å². The van der Waals surface area contributed by atoms with Crippen LogP contribution in [0.25, 0.3) is 0 Å². The molecule has 0 atom stereocenters. The van der Waals surface area contributed by atoms with E-state index >= 15 is 0 Å². The molecular formula is C16H24N2O. The normalized spacial score (nSPS) is 23.1. The Hall–Kier alpha value is -1.51. The van der Waals surface area contributed by atoms with Crippen molar-refractivity contribution in [3.8, 4) is 0 Å². The predicted molar refractivity (Wildman–Crippen MR) is 78.6 cm³/mol. The summed E-state index contributed by atoms with van der Waals surface area (Å²) in [5, 5.41) is 3.06. The summed E-state index contributed by atoms with van der Waals surface area (Å²) in [5.41, 5.74) is 8.84. The van der Waals surface area contributed by atoms with Crippen molar-refractivity contribution in [2.45, 2.75) is 46.1 Å². The molecule has 1 aromatic carbocycles. The zero-order chi connectivity index (χ0) is 13.8. The first-order valence-corrected chi connectivity index (χ1v) is 7.19. The molecule has 1 fully saturated rings. The fraction of sp³-hybridized carbons (Fsp3) is 0.562. The monoisotopic (exact) mass is 260 g/mol. The van der Waals surface area contributed by atoms with E-state index in [-0.39, 0.29) is 11.8 Å². The van der Waals surface area contributed by atoms with E-state index in [0.29, 0.717) is 6.54 Å². The van der Waals surface area contributed by atoms with Gasteiger partial charge >= 0.3 is 0 Å². The minimum atomic E-state index is 0.203. The van der Waals surface area contributed by atoms with Crippen molar-refractivity contribution in [3.05, 3.63) is 29.3 Å². The Labute approximate surface area is 115 Å². The maximum atomic E-state index is 12.1. The smallest absolute Gasteiger partial charge is 0.223 e. The van der Waals surface area contributed by atoms with Gasteiger partial charge in [-0.25, -0.2) is 0 Å². The average Bonchev–Trinajstić information content (AvgIpc) is 2.41. The maximum Gasteiger partial charge on any atom is 0.223 e. The number of benzene rings is 1. The van der Waals surface area contributed by atoms with E-state index in [2.05, 4.69) is 12.2 Å². The largest absolute Gasteiger partial charge is 0.399 e. The number of anilines is 1. The highest BCUT2D eigenvalue weighted by Gasteiger charge is 2.23. The molecule has 19 heavy (non-hydrogen) atoms. The van der Waals surface area contributed by atoms with Crippen LogP contribution in [0.2, 0.25) is 0 Å². The van der Waals surface area contributed by atoms with Gasteiger partial charge in [-0.15, -0.1) is 0 Å². The molecule has 0 bridgehead atoms. The van der Waals surface area contributed by atoms with Gasteiger partial charge in [0.2, 0.25) is 5.91 Å². The Bertz CT molecular complexity index is 448. The first-order chi connectivity index (χ1) is 9.08. The molecule has 1 saturated carbocycles. The highest BCUT2D eigenvalue weighted by atomic mass is 16.1. The summed E-state index contributed by atoms with van der Waals surface area (Å²) in [5.74, 6) is 1.19. The standard InChI is InChI=1S/C16H24N2O/c1-11-6-8-13(9-7-11)16(19)18-10-14-4-3-5-15(17)12(14)2/h3-5,11,13H,6-10,17H2,1-2H3,(H,18,19). The van der Waals surface area contributed by atoms with Crippen LogP contribution in [0.3, 0.4) is 0 Å². The third-order valence-electron chi connectivity index (χ3n) is 4.33. The second-order valence-corrected chi connectivity index (χ2v) is 5.81. The molecule has 3 nitrogen and oxygen atoms in total. The van der Waals surface area contributed by atoms with E-state index in [9.17, 15) is 4.79 Å². The third kappa shape index (κ3) is 3.49. The molecule has 0 heterocycles. The molecule has 0 unspecified atom stereocenters. The molecule has 3 N–H and O–H groups in total. The summed E-state index contributed by atoms with van der Waals surface area (Å²) in [4.78, 5) is 12.1. The number of carbonyl (C=O) groups is 1. The molecule has 1 aliphatic rings. The van der Waals surface area contributed by atoms with Gasteiger partial charge in [0, 0.05) is 18.2 Å². The second kappa shape index (κ2) is 6.09. The molecular weight excluding hydrogens is 236 g/mol. The minimum Gasteiger partial charge on any atom is -0.399 e. The van der Waals surface area contributed by atoms with E-state index in [1.165, 1.54) is 12.8 Å². The quantitative estimate of drug-likeness (QED) is 0.821. The minimum absolute atomic E-state index is 0.203. The van der Waals surface area contributed by atoms with Crippen LogP contribution in [-0.2, 0) is 11.3 Å². The maximum absolute atomic E-state index is 12.1. The van der Waals surface area contributed by atoms with Gasteiger partial charge < -0.3 is 11.1 Å². The van der Waals surface area contributed by atoms with Gasteiger partial charge in [0.25, 0.3) is 0 Å². The summed E-state index contributed by atoms with van der Waals surface area (Å²) in [6, 6.07) is 5.85. The number of nitrogen functional groups attached to an aromatic ring is 1. The fourth-order valence-corrected chi connectivity index (χ4v) is 2.74. The number of carbonyl (C=O) groups excluding carboxylic acids is 1. The number of nitrogens with two attached hydrogens (primary N) is 1. The zero-order valence-electron chi connectivity index (χ0n) is 11.9. The predicted octanol–water partition coefficient (Wildman–Crippen LogP) is 3.02.